The molecule has 0 atom stereocenters. The van der Waals surface area contributed by atoms with Crippen LogP contribution in [0.4, 0.5) is 13.2 Å². The monoisotopic (exact) mass is 220 g/mol. The van der Waals surface area contributed by atoms with Crippen molar-refractivity contribution < 1.29 is 18.0 Å². The van der Waals surface area contributed by atoms with Gasteiger partial charge in [-0.3, -0.25) is 9.48 Å². The number of carbonyl (C=O) groups is 1. The van der Waals surface area contributed by atoms with Crippen LogP contribution in [-0.4, -0.2) is 16.1 Å². The molecule has 84 valence electrons. The summed E-state index contributed by atoms with van der Waals surface area (Å²) in [6.07, 6.45) is -3.28. The van der Waals surface area contributed by atoms with Crippen molar-refractivity contribution in [3.05, 3.63) is 17.5 Å². The molecule has 0 unspecified atom stereocenters. The molecule has 1 rings (SSSR count). The van der Waals surface area contributed by atoms with E-state index in [1.807, 2.05) is 13.8 Å². The van der Waals surface area contributed by atoms with Crippen LogP contribution in [0.3, 0.4) is 0 Å². The van der Waals surface area contributed by atoms with Crippen molar-refractivity contribution in [2.45, 2.75) is 26.6 Å². The van der Waals surface area contributed by atoms with Crippen LogP contribution < -0.4 is 0 Å². The van der Waals surface area contributed by atoms with Gasteiger partial charge < -0.3 is 0 Å². The van der Waals surface area contributed by atoms with Gasteiger partial charge in [0.1, 0.15) is 0 Å². The Bertz CT molecular complexity index is 355. The Kier molecular flexibility index (Phi) is 3.16. The van der Waals surface area contributed by atoms with Gasteiger partial charge in [0.05, 0.1) is 5.56 Å². The minimum atomic E-state index is -4.57. The largest absolute Gasteiger partial charge is 0.435 e. The highest BCUT2D eigenvalue weighted by atomic mass is 19.4. The van der Waals surface area contributed by atoms with Crippen LogP contribution >= 0.6 is 0 Å². The zero-order valence-corrected chi connectivity index (χ0v) is 8.38. The fourth-order valence-corrected chi connectivity index (χ4v) is 1.21. The standard InChI is InChI=1S/C9H11F3N2O/c1-6(2)3-14-4-7(5-15)8(13-14)9(10,11)12/h4-6H,3H2,1-2H3. The van der Waals surface area contributed by atoms with E-state index < -0.39 is 17.4 Å². The summed E-state index contributed by atoms with van der Waals surface area (Å²) < 4.78 is 38.2. The minimum Gasteiger partial charge on any atom is -0.298 e. The van der Waals surface area contributed by atoms with Crippen LogP contribution in [0, 0.1) is 5.92 Å². The van der Waals surface area contributed by atoms with E-state index in [2.05, 4.69) is 5.10 Å². The number of rotatable bonds is 3. The molecule has 1 aromatic heterocycles. The van der Waals surface area contributed by atoms with Crippen LogP contribution in [0.2, 0.25) is 0 Å². The van der Waals surface area contributed by atoms with Gasteiger partial charge >= 0.3 is 6.18 Å². The Hall–Kier alpha value is -1.33. The molecule has 3 nitrogen and oxygen atoms in total. The number of hydrogen-bond acceptors (Lipinski definition) is 2. The lowest BCUT2D eigenvalue weighted by atomic mass is 10.2. The Labute approximate surface area is 84.9 Å². The third-order valence-corrected chi connectivity index (χ3v) is 1.74. The number of alkyl halides is 3. The van der Waals surface area contributed by atoms with Crippen molar-refractivity contribution in [3.8, 4) is 0 Å². The molecule has 1 heterocycles. The Balaban J connectivity index is 3.06. The van der Waals surface area contributed by atoms with Crippen molar-refractivity contribution in [2.24, 2.45) is 5.92 Å². The first-order chi connectivity index (χ1) is 6.84. The number of hydrogen-bond donors (Lipinski definition) is 0. The van der Waals surface area contributed by atoms with Crippen molar-refractivity contribution in [1.29, 1.82) is 0 Å². The lowest BCUT2D eigenvalue weighted by Crippen LogP contribution is -2.11. The Morgan fingerprint density at radius 1 is 1.53 bits per heavy atom. The van der Waals surface area contributed by atoms with Crippen LogP contribution in [0.25, 0.3) is 0 Å². The molecule has 0 amide bonds. The van der Waals surface area contributed by atoms with Gasteiger partial charge in [0.15, 0.2) is 12.0 Å². The van der Waals surface area contributed by atoms with Gasteiger partial charge in [-0.05, 0) is 5.92 Å². The highest BCUT2D eigenvalue weighted by Gasteiger charge is 2.37. The van der Waals surface area contributed by atoms with E-state index in [0.717, 1.165) is 10.9 Å². The first-order valence-corrected chi connectivity index (χ1v) is 4.44. The fourth-order valence-electron chi connectivity index (χ4n) is 1.21. The molecule has 0 aliphatic rings. The molecule has 0 radical (unpaired) electrons. The average Bonchev–Trinajstić information content (AvgIpc) is 2.45. The second kappa shape index (κ2) is 4.04. The van der Waals surface area contributed by atoms with Crippen LogP contribution in [0.1, 0.15) is 29.9 Å². The summed E-state index contributed by atoms with van der Waals surface area (Å²) in [6, 6.07) is 0. The summed E-state index contributed by atoms with van der Waals surface area (Å²) in [6.45, 7) is 4.07. The summed E-state index contributed by atoms with van der Waals surface area (Å²) in [4.78, 5) is 10.4. The Morgan fingerprint density at radius 2 is 2.13 bits per heavy atom. The topological polar surface area (TPSA) is 34.9 Å². The molecule has 0 saturated heterocycles. The zero-order valence-electron chi connectivity index (χ0n) is 8.38. The van der Waals surface area contributed by atoms with Gasteiger partial charge in [-0.2, -0.15) is 18.3 Å². The molecular formula is C9H11F3N2O. The molecule has 0 aromatic carbocycles. The maximum atomic E-state index is 12.4. The highest BCUT2D eigenvalue weighted by molar-refractivity contribution is 5.76. The summed E-state index contributed by atoms with van der Waals surface area (Å²) in [5, 5.41) is 3.35. The predicted molar refractivity (Wildman–Crippen MR) is 47.5 cm³/mol. The van der Waals surface area contributed by atoms with E-state index in [1.165, 1.54) is 0 Å². The van der Waals surface area contributed by atoms with E-state index in [0.29, 0.717) is 6.54 Å². The van der Waals surface area contributed by atoms with Crippen molar-refractivity contribution in [1.82, 2.24) is 9.78 Å². The van der Waals surface area contributed by atoms with Gasteiger partial charge in [-0.25, -0.2) is 0 Å². The number of aromatic nitrogens is 2. The molecule has 15 heavy (non-hydrogen) atoms. The first-order valence-electron chi connectivity index (χ1n) is 4.44. The molecule has 0 aliphatic carbocycles. The lowest BCUT2D eigenvalue weighted by Gasteiger charge is -2.04. The number of carbonyl (C=O) groups excluding carboxylic acids is 1. The summed E-state index contributed by atoms with van der Waals surface area (Å²) in [5.41, 5.74) is -1.53. The molecule has 0 fully saturated rings. The summed E-state index contributed by atoms with van der Waals surface area (Å²) in [7, 11) is 0. The second-order valence-electron chi connectivity index (χ2n) is 3.66. The minimum absolute atomic E-state index is 0.172. The molecule has 0 bridgehead atoms. The zero-order chi connectivity index (χ0) is 11.6. The van der Waals surface area contributed by atoms with Crippen molar-refractivity contribution >= 4 is 6.29 Å². The normalized spacial score (nSPS) is 12.1. The van der Waals surface area contributed by atoms with E-state index in [-0.39, 0.29) is 12.2 Å². The van der Waals surface area contributed by atoms with Gasteiger partial charge in [-0.15, -0.1) is 0 Å². The quantitative estimate of drug-likeness (QED) is 0.733. The molecular weight excluding hydrogens is 209 g/mol. The van der Waals surface area contributed by atoms with Crippen molar-refractivity contribution in [3.63, 3.8) is 0 Å². The first kappa shape index (κ1) is 11.7. The van der Waals surface area contributed by atoms with E-state index >= 15 is 0 Å². The SMILES string of the molecule is CC(C)Cn1cc(C=O)c(C(F)(F)F)n1. The molecule has 0 aliphatic heterocycles. The molecule has 0 spiro atoms. The maximum Gasteiger partial charge on any atom is 0.435 e. The average molecular weight is 220 g/mol. The third-order valence-electron chi connectivity index (χ3n) is 1.74. The number of aldehydes is 1. The lowest BCUT2D eigenvalue weighted by molar-refractivity contribution is -0.141. The number of nitrogens with zero attached hydrogens (tertiary/aromatic N) is 2. The molecule has 6 heteroatoms. The van der Waals surface area contributed by atoms with Crippen molar-refractivity contribution in [2.75, 3.05) is 0 Å². The van der Waals surface area contributed by atoms with E-state index in [9.17, 15) is 18.0 Å². The second-order valence-corrected chi connectivity index (χ2v) is 3.66. The van der Waals surface area contributed by atoms with Gasteiger partial charge in [-0.1, -0.05) is 13.8 Å². The maximum absolute atomic E-state index is 12.4. The third kappa shape index (κ3) is 2.81. The van der Waals surface area contributed by atoms with Gasteiger partial charge in [0.2, 0.25) is 0 Å². The van der Waals surface area contributed by atoms with Crippen LogP contribution in [0.15, 0.2) is 6.20 Å². The van der Waals surface area contributed by atoms with E-state index in [4.69, 9.17) is 0 Å². The Morgan fingerprint density at radius 3 is 2.47 bits per heavy atom. The molecule has 0 N–H and O–H groups in total. The predicted octanol–water partition coefficient (Wildman–Crippen LogP) is 2.37. The van der Waals surface area contributed by atoms with E-state index in [1.54, 1.807) is 0 Å². The molecule has 1 aromatic rings. The van der Waals surface area contributed by atoms with Crippen LogP contribution in [0.5, 0.6) is 0 Å². The highest BCUT2D eigenvalue weighted by Crippen LogP contribution is 2.29. The smallest absolute Gasteiger partial charge is 0.298 e. The fraction of sp³-hybridized carbons (Fsp3) is 0.556. The molecule has 0 saturated carbocycles. The summed E-state index contributed by atoms with van der Waals surface area (Å²) in [5.74, 6) is 0.172. The number of halogens is 3. The van der Waals surface area contributed by atoms with Gasteiger partial charge in [0.25, 0.3) is 0 Å². The van der Waals surface area contributed by atoms with Crippen LogP contribution in [-0.2, 0) is 12.7 Å². The summed E-state index contributed by atoms with van der Waals surface area (Å²) >= 11 is 0. The van der Waals surface area contributed by atoms with Gasteiger partial charge in [0, 0.05) is 12.7 Å².